The molecule has 1 amide bonds. The summed E-state index contributed by atoms with van der Waals surface area (Å²) in [5, 5.41) is 12.0. The zero-order chi connectivity index (χ0) is 26.0. The highest BCUT2D eigenvalue weighted by Crippen LogP contribution is 2.36. The molecule has 3 rings (SSSR count). The first-order chi connectivity index (χ1) is 16.4. The number of rotatable bonds is 6. The van der Waals surface area contributed by atoms with Gasteiger partial charge in [0.1, 0.15) is 5.52 Å². The third kappa shape index (κ3) is 5.63. The molecule has 1 saturated heterocycles. The molecule has 0 aromatic carbocycles. The van der Waals surface area contributed by atoms with Crippen LogP contribution in [-0.2, 0) is 42.9 Å². The van der Waals surface area contributed by atoms with E-state index in [0.717, 1.165) is 31.7 Å². The highest BCUT2D eigenvalue weighted by Gasteiger charge is 2.55. The Hall–Kier alpha value is -3.85. The molecule has 3 heterocycles. The van der Waals surface area contributed by atoms with Crippen molar-refractivity contribution in [2.75, 3.05) is 5.32 Å². The Balaban J connectivity index is 2.20. The van der Waals surface area contributed by atoms with Crippen molar-refractivity contribution >= 4 is 58.5 Å². The second-order valence-electron chi connectivity index (χ2n) is 7.35. The fourth-order valence-electron chi connectivity index (χ4n) is 3.49. The SMILES string of the molecule is CC(=O)Nc1nc(Cl)c2ncn(C3O[C@H](C(=O)O)[C@@H](OC(C)=O)[C@@H](OC(C)=O)[C@H]3OC(C)=O)c2n1. The largest absolute Gasteiger partial charge is 0.479 e. The Morgan fingerprint density at radius 2 is 1.54 bits per heavy atom. The number of carbonyl (C=O) groups excluding carboxylic acids is 4. The molecule has 2 aromatic rings. The normalized spacial score (nSPS) is 23.9. The molecule has 1 aliphatic heterocycles. The summed E-state index contributed by atoms with van der Waals surface area (Å²) < 4.78 is 22.5. The number of esters is 3. The smallest absolute Gasteiger partial charge is 0.337 e. The summed E-state index contributed by atoms with van der Waals surface area (Å²) in [6.07, 6.45) is -6.99. The number of amides is 1. The first-order valence-corrected chi connectivity index (χ1v) is 10.3. The number of nitrogens with zero attached hydrogens (tertiary/aromatic N) is 4. The quantitative estimate of drug-likeness (QED) is 0.302. The van der Waals surface area contributed by atoms with Crippen LogP contribution in [0, 0.1) is 0 Å². The summed E-state index contributed by atoms with van der Waals surface area (Å²) in [6, 6.07) is 0. The van der Waals surface area contributed by atoms with Gasteiger partial charge in [0.2, 0.25) is 11.9 Å². The van der Waals surface area contributed by atoms with Gasteiger partial charge in [-0.2, -0.15) is 9.97 Å². The minimum Gasteiger partial charge on any atom is -0.479 e. The van der Waals surface area contributed by atoms with E-state index in [9.17, 15) is 29.1 Å². The van der Waals surface area contributed by atoms with E-state index in [0.29, 0.717) is 0 Å². The summed E-state index contributed by atoms with van der Waals surface area (Å²) in [6.45, 7) is 4.33. The molecule has 2 N–H and O–H groups in total. The van der Waals surface area contributed by atoms with Gasteiger partial charge >= 0.3 is 23.9 Å². The zero-order valence-corrected chi connectivity index (χ0v) is 19.5. The molecule has 16 heteroatoms. The van der Waals surface area contributed by atoms with Crippen LogP contribution in [-0.4, -0.2) is 78.8 Å². The molecule has 2 aromatic heterocycles. The summed E-state index contributed by atoms with van der Waals surface area (Å²) in [5.41, 5.74) is 0.0107. The number of carboxylic acids is 1. The van der Waals surface area contributed by atoms with Crippen molar-refractivity contribution in [2.24, 2.45) is 0 Å². The van der Waals surface area contributed by atoms with E-state index in [1.165, 1.54) is 6.92 Å². The summed E-state index contributed by atoms with van der Waals surface area (Å²) in [7, 11) is 0. The van der Waals surface area contributed by atoms with E-state index >= 15 is 0 Å². The van der Waals surface area contributed by atoms with Crippen LogP contribution >= 0.6 is 11.6 Å². The number of carbonyl (C=O) groups is 5. The fraction of sp³-hybridized carbons (Fsp3) is 0.474. The maximum atomic E-state index is 12.0. The van der Waals surface area contributed by atoms with Gasteiger partial charge in [-0.3, -0.25) is 29.1 Å². The highest BCUT2D eigenvalue weighted by atomic mass is 35.5. The lowest BCUT2D eigenvalue weighted by atomic mass is 9.96. The summed E-state index contributed by atoms with van der Waals surface area (Å²) in [4.78, 5) is 71.1. The number of fused-ring (bicyclic) bond motifs is 1. The van der Waals surface area contributed by atoms with Crippen LogP contribution in [0.25, 0.3) is 11.2 Å². The van der Waals surface area contributed by atoms with Gasteiger partial charge < -0.3 is 24.1 Å². The fourth-order valence-corrected chi connectivity index (χ4v) is 3.71. The van der Waals surface area contributed by atoms with Crippen molar-refractivity contribution in [3.05, 3.63) is 11.5 Å². The topological polar surface area (TPSA) is 198 Å². The Bertz CT molecular complexity index is 1200. The number of hydrogen-bond donors (Lipinski definition) is 2. The number of halogens is 1. The van der Waals surface area contributed by atoms with Crippen LogP contribution in [0.15, 0.2) is 6.33 Å². The minimum absolute atomic E-state index is 0.0347. The Labute approximate surface area is 201 Å². The number of carboxylic acid groups (broad SMARTS) is 1. The van der Waals surface area contributed by atoms with Crippen LogP contribution in [0.1, 0.15) is 33.9 Å². The number of nitrogens with one attached hydrogen (secondary N) is 1. The Morgan fingerprint density at radius 3 is 2.09 bits per heavy atom. The first-order valence-electron chi connectivity index (χ1n) is 9.96. The first kappa shape index (κ1) is 25.8. The molecular formula is C19H20ClN5O10. The molecule has 0 radical (unpaired) electrons. The van der Waals surface area contributed by atoms with Crippen LogP contribution in [0.4, 0.5) is 5.95 Å². The van der Waals surface area contributed by atoms with Gasteiger partial charge in [-0.1, -0.05) is 11.6 Å². The third-order valence-corrected chi connectivity index (χ3v) is 4.87. The molecule has 0 bridgehead atoms. The molecule has 1 unspecified atom stereocenters. The maximum Gasteiger partial charge on any atom is 0.337 e. The van der Waals surface area contributed by atoms with Crippen LogP contribution in [0.3, 0.4) is 0 Å². The van der Waals surface area contributed by atoms with Gasteiger partial charge in [0.15, 0.2) is 41.4 Å². The van der Waals surface area contributed by atoms with Gasteiger partial charge in [0.25, 0.3) is 0 Å². The molecule has 0 spiro atoms. The Morgan fingerprint density at radius 1 is 0.971 bits per heavy atom. The van der Waals surface area contributed by atoms with E-state index in [1.807, 2.05) is 0 Å². The van der Waals surface area contributed by atoms with Crippen LogP contribution in [0.2, 0.25) is 5.15 Å². The van der Waals surface area contributed by atoms with Gasteiger partial charge in [0, 0.05) is 27.7 Å². The summed E-state index contributed by atoms with van der Waals surface area (Å²) >= 11 is 6.15. The number of aromatic nitrogens is 4. The monoisotopic (exact) mass is 513 g/mol. The van der Waals surface area contributed by atoms with Gasteiger partial charge in [-0.05, 0) is 0 Å². The lowest BCUT2D eigenvalue weighted by molar-refractivity contribution is -0.262. The predicted molar refractivity (Wildman–Crippen MR) is 113 cm³/mol. The molecule has 188 valence electrons. The maximum absolute atomic E-state index is 12.0. The number of hydrogen-bond acceptors (Lipinski definition) is 12. The number of anilines is 1. The zero-order valence-electron chi connectivity index (χ0n) is 18.8. The van der Waals surface area contributed by atoms with Crippen molar-refractivity contribution in [3.8, 4) is 0 Å². The van der Waals surface area contributed by atoms with E-state index in [-0.39, 0.29) is 22.3 Å². The van der Waals surface area contributed by atoms with Gasteiger partial charge in [-0.25, -0.2) is 9.78 Å². The highest BCUT2D eigenvalue weighted by molar-refractivity contribution is 6.33. The second-order valence-corrected chi connectivity index (χ2v) is 7.71. The Kier molecular flexibility index (Phi) is 7.50. The van der Waals surface area contributed by atoms with Crippen LogP contribution in [0.5, 0.6) is 0 Å². The van der Waals surface area contributed by atoms with E-state index in [1.54, 1.807) is 0 Å². The van der Waals surface area contributed by atoms with Gasteiger partial charge in [-0.15, -0.1) is 0 Å². The van der Waals surface area contributed by atoms with Crippen molar-refractivity contribution in [1.82, 2.24) is 19.5 Å². The average Bonchev–Trinajstić information content (AvgIpc) is 3.13. The van der Waals surface area contributed by atoms with E-state index in [4.69, 9.17) is 30.5 Å². The van der Waals surface area contributed by atoms with E-state index in [2.05, 4.69) is 20.3 Å². The van der Waals surface area contributed by atoms with Crippen molar-refractivity contribution < 1.29 is 48.0 Å². The van der Waals surface area contributed by atoms with Gasteiger partial charge in [0.05, 0.1) is 6.33 Å². The standard InChI is InChI=1S/C19H20ClN5O10/c1-6(26)22-19-23-15(20)10-16(24-19)25(5-21-10)17-13(34-9(4)29)11(32-7(2)27)12(33-8(3)28)14(35-17)18(30)31/h5,11-14,17H,1-4H3,(H,30,31)(H,22,23,24,26)/t11-,12+,13-,14+,17?/m1/s1. The molecule has 1 fully saturated rings. The van der Waals surface area contributed by atoms with E-state index < -0.39 is 60.4 Å². The molecule has 1 aliphatic rings. The van der Waals surface area contributed by atoms with Crippen molar-refractivity contribution in [1.29, 1.82) is 0 Å². The molecule has 0 saturated carbocycles. The minimum atomic E-state index is -1.86. The van der Waals surface area contributed by atoms with Crippen molar-refractivity contribution in [3.63, 3.8) is 0 Å². The number of imidazole rings is 1. The lowest BCUT2D eigenvalue weighted by Gasteiger charge is -2.43. The predicted octanol–water partition coefficient (Wildman–Crippen LogP) is 0.215. The molecule has 5 atom stereocenters. The number of ether oxygens (including phenoxy) is 4. The summed E-state index contributed by atoms with van der Waals surface area (Å²) in [5.74, 6) is -4.86. The molecule has 35 heavy (non-hydrogen) atoms. The molecular weight excluding hydrogens is 494 g/mol. The molecule has 0 aliphatic carbocycles. The average molecular weight is 514 g/mol. The third-order valence-electron chi connectivity index (χ3n) is 4.60. The molecule has 15 nitrogen and oxygen atoms in total. The second kappa shape index (κ2) is 10.2. The van der Waals surface area contributed by atoms with Crippen molar-refractivity contribution in [2.45, 2.75) is 58.3 Å². The lowest BCUT2D eigenvalue weighted by Crippen LogP contribution is -2.61. The van der Waals surface area contributed by atoms with Crippen LogP contribution < -0.4 is 5.32 Å². The number of aliphatic carboxylic acids is 1.